The molecule has 3 heteroatoms. The molecule has 16 heavy (non-hydrogen) atoms. The molecule has 1 aromatic rings. The largest absolute Gasteiger partial charge is 0.386 e. The van der Waals surface area contributed by atoms with E-state index in [-0.39, 0.29) is 0 Å². The van der Waals surface area contributed by atoms with Crippen LogP contribution in [0.2, 0.25) is 0 Å². The first-order chi connectivity index (χ1) is 7.65. The predicted molar refractivity (Wildman–Crippen MR) is 64.2 cm³/mol. The van der Waals surface area contributed by atoms with Crippen molar-refractivity contribution in [1.29, 1.82) is 0 Å². The van der Waals surface area contributed by atoms with Gasteiger partial charge in [0.2, 0.25) is 0 Å². The van der Waals surface area contributed by atoms with Gasteiger partial charge in [0.25, 0.3) is 0 Å². The Bertz CT molecular complexity index is 473. The molecule has 1 atom stereocenters. The SMILES string of the molecule is C#Cc1ccccc1C1(C)COCC(N)=N1. The lowest BCUT2D eigenvalue weighted by molar-refractivity contribution is 0.106. The summed E-state index contributed by atoms with van der Waals surface area (Å²) in [6, 6.07) is 7.74. The maximum atomic E-state index is 5.71. The molecule has 0 spiro atoms. The molecule has 2 N–H and O–H groups in total. The summed E-state index contributed by atoms with van der Waals surface area (Å²) in [7, 11) is 0. The fraction of sp³-hybridized carbons (Fsp3) is 0.308. The van der Waals surface area contributed by atoms with Crippen molar-refractivity contribution in [2.75, 3.05) is 13.2 Å². The fourth-order valence-corrected chi connectivity index (χ4v) is 1.95. The highest BCUT2D eigenvalue weighted by atomic mass is 16.5. The van der Waals surface area contributed by atoms with Crippen LogP contribution in [0.4, 0.5) is 0 Å². The normalized spacial score (nSPS) is 24.6. The highest BCUT2D eigenvalue weighted by molar-refractivity contribution is 5.82. The van der Waals surface area contributed by atoms with Gasteiger partial charge in [0, 0.05) is 5.56 Å². The van der Waals surface area contributed by atoms with Crippen LogP contribution in [0, 0.1) is 12.3 Å². The van der Waals surface area contributed by atoms with E-state index < -0.39 is 5.54 Å². The molecule has 0 radical (unpaired) electrons. The van der Waals surface area contributed by atoms with Gasteiger partial charge in [-0.3, -0.25) is 4.99 Å². The lowest BCUT2D eigenvalue weighted by Crippen LogP contribution is -2.38. The number of aliphatic imine (C=N–C) groups is 1. The molecule has 1 aromatic carbocycles. The van der Waals surface area contributed by atoms with Crippen molar-refractivity contribution >= 4 is 5.84 Å². The molecule has 82 valence electrons. The van der Waals surface area contributed by atoms with Gasteiger partial charge in [-0.15, -0.1) is 6.42 Å². The summed E-state index contributed by atoms with van der Waals surface area (Å²) in [4.78, 5) is 4.47. The number of ether oxygens (including phenoxy) is 1. The van der Waals surface area contributed by atoms with Gasteiger partial charge in [0.1, 0.15) is 18.0 Å². The van der Waals surface area contributed by atoms with E-state index in [2.05, 4.69) is 10.9 Å². The van der Waals surface area contributed by atoms with Crippen LogP contribution < -0.4 is 5.73 Å². The number of amidine groups is 1. The van der Waals surface area contributed by atoms with Gasteiger partial charge in [0.05, 0.1) is 6.61 Å². The van der Waals surface area contributed by atoms with E-state index in [4.69, 9.17) is 16.9 Å². The van der Waals surface area contributed by atoms with Gasteiger partial charge in [-0.05, 0) is 18.6 Å². The van der Waals surface area contributed by atoms with Crippen molar-refractivity contribution in [3.63, 3.8) is 0 Å². The average Bonchev–Trinajstić information content (AvgIpc) is 2.29. The van der Waals surface area contributed by atoms with Crippen molar-refractivity contribution in [3.8, 4) is 12.3 Å². The number of rotatable bonds is 1. The monoisotopic (exact) mass is 214 g/mol. The number of nitrogens with zero attached hydrogens (tertiary/aromatic N) is 1. The van der Waals surface area contributed by atoms with Gasteiger partial charge in [-0.25, -0.2) is 0 Å². The van der Waals surface area contributed by atoms with Crippen molar-refractivity contribution in [2.24, 2.45) is 10.7 Å². The van der Waals surface area contributed by atoms with Crippen LogP contribution >= 0.6 is 0 Å². The highest BCUT2D eigenvalue weighted by Crippen LogP contribution is 2.30. The zero-order valence-electron chi connectivity index (χ0n) is 9.23. The molecule has 0 saturated heterocycles. The smallest absolute Gasteiger partial charge is 0.121 e. The van der Waals surface area contributed by atoms with E-state index in [9.17, 15) is 0 Å². The number of hydrogen-bond acceptors (Lipinski definition) is 3. The molecule has 0 bridgehead atoms. The summed E-state index contributed by atoms with van der Waals surface area (Å²) in [6.07, 6.45) is 5.48. The first kappa shape index (κ1) is 10.7. The Hall–Kier alpha value is -1.79. The quantitative estimate of drug-likeness (QED) is 0.716. The Labute approximate surface area is 95.3 Å². The number of nitrogens with two attached hydrogens (primary N) is 1. The summed E-state index contributed by atoms with van der Waals surface area (Å²) in [5.41, 5.74) is 7.07. The first-order valence-corrected chi connectivity index (χ1v) is 5.14. The average molecular weight is 214 g/mol. The molecule has 3 nitrogen and oxygen atoms in total. The van der Waals surface area contributed by atoms with E-state index in [1.54, 1.807) is 0 Å². The molecular weight excluding hydrogens is 200 g/mol. The second-order valence-electron chi connectivity index (χ2n) is 4.06. The topological polar surface area (TPSA) is 47.6 Å². The first-order valence-electron chi connectivity index (χ1n) is 5.14. The van der Waals surface area contributed by atoms with Gasteiger partial charge in [0.15, 0.2) is 0 Å². The summed E-state index contributed by atoms with van der Waals surface area (Å²) >= 11 is 0. The molecule has 0 saturated carbocycles. The minimum absolute atomic E-state index is 0.397. The third-order valence-corrected chi connectivity index (χ3v) is 2.69. The van der Waals surface area contributed by atoms with E-state index in [0.29, 0.717) is 19.0 Å². The molecule has 0 aromatic heterocycles. The van der Waals surface area contributed by atoms with Gasteiger partial charge in [-0.2, -0.15) is 0 Å². The second kappa shape index (κ2) is 3.99. The van der Waals surface area contributed by atoms with E-state index >= 15 is 0 Å². The van der Waals surface area contributed by atoms with Gasteiger partial charge in [-0.1, -0.05) is 24.1 Å². The van der Waals surface area contributed by atoms with E-state index in [0.717, 1.165) is 11.1 Å². The summed E-state index contributed by atoms with van der Waals surface area (Å²) in [5, 5.41) is 0. The molecule has 0 aliphatic carbocycles. The van der Waals surface area contributed by atoms with Crippen LogP contribution in [-0.4, -0.2) is 19.0 Å². The predicted octanol–water partition coefficient (Wildman–Crippen LogP) is 1.27. The second-order valence-corrected chi connectivity index (χ2v) is 4.06. The van der Waals surface area contributed by atoms with Crippen LogP contribution in [0.25, 0.3) is 0 Å². The van der Waals surface area contributed by atoms with Crippen molar-refractivity contribution in [1.82, 2.24) is 0 Å². The molecule has 0 fully saturated rings. The van der Waals surface area contributed by atoms with E-state index in [1.807, 2.05) is 31.2 Å². The van der Waals surface area contributed by atoms with E-state index in [1.165, 1.54) is 0 Å². The summed E-state index contributed by atoms with van der Waals surface area (Å²) in [6.45, 7) is 2.88. The zero-order chi connectivity index (χ0) is 11.6. The zero-order valence-corrected chi connectivity index (χ0v) is 9.23. The highest BCUT2D eigenvalue weighted by Gasteiger charge is 2.31. The van der Waals surface area contributed by atoms with Crippen LogP contribution in [0.1, 0.15) is 18.1 Å². The molecule has 1 unspecified atom stereocenters. The van der Waals surface area contributed by atoms with Gasteiger partial charge < -0.3 is 10.5 Å². The van der Waals surface area contributed by atoms with Crippen molar-refractivity contribution in [2.45, 2.75) is 12.5 Å². The number of terminal acetylenes is 1. The van der Waals surface area contributed by atoms with Crippen molar-refractivity contribution < 1.29 is 4.74 Å². The fourth-order valence-electron chi connectivity index (χ4n) is 1.95. The van der Waals surface area contributed by atoms with Crippen LogP contribution in [0.5, 0.6) is 0 Å². The Kier molecular flexibility index (Phi) is 2.67. The maximum Gasteiger partial charge on any atom is 0.121 e. The van der Waals surface area contributed by atoms with Crippen LogP contribution in [0.15, 0.2) is 29.3 Å². The molecule has 0 amide bonds. The Balaban J connectivity index is 2.51. The molecular formula is C13H14N2O. The Morgan fingerprint density at radius 3 is 2.94 bits per heavy atom. The number of benzene rings is 1. The number of hydrogen-bond donors (Lipinski definition) is 1. The molecule has 1 heterocycles. The minimum Gasteiger partial charge on any atom is -0.386 e. The van der Waals surface area contributed by atoms with Crippen LogP contribution in [0.3, 0.4) is 0 Å². The lowest BCUT2D eigenvalue weighted by atomic mass is 9.89. The van der Waals surface area contributed by atoms with Crippen molar-refractivity contribution in [3.05, 3.63) is 35.4 Å². The standard InChI is InChI=1S/C13H14N2O/c1-3-10-6-4-5-7-11(10)13(2)9-16-8-12(14)15-13/h1,4-7H,8-9H2,2H3,(H2,14,15). The third-order valence-electron chi connectivity index (χ3n) is 2.69. The maximum absolute atomic E-state index is 5.71. The van der Waals surface area contributed by atoms with Gasteiger partial charge >= 0.3 is 0 Å². The molecule has 2 rings (SSSR count). The summed E-state index contributed by atoms with van der Waals surface area (Å²) in [5.74, 6) is 3.18. The Morgan fingerprint density at radius 1 is 1.50 bits per heavy atom. The third kappa shape index (κ3) is 1.80. The lowest BCUT2D eigenvalue weighted by Gasteiger charge is -2.30. The Morgan fingerprint density at radius 2 is 2.25 bits per heavy atom. The minimum atomic E-state index is -0.467. The molecule has 1 aliphatic heterocycles. The summed E-state index contributed by atoms with van der Waals surface area (Å²) < 4.78 is 5.43. The molecule has 1 aliphatic rings. The van der Waals surface area contributed by atoms with Crippen LogP contribution in [-0.2, 0) is 10.3 Å².